The van der Waals surface area contributed by atoms with Gasteiger partial charge in [-0.3, -0.25) is 9.48 Å². The zero-order valence-corrected chi connectivity index (χ0v) is 15.8. The molecule has 3 rings (SSSR count). The first kappa shape index (κ1) is 19.4. The third-order valence-corrected chi connectivity index (χ3v) is 5.03. The Kier molecular flexibility index (Phi) is 5.79. The predicted molar refractivity (Wildman–Crippen MR) is 99.2 cm³/mol. The molecule has 2 aromatic rings. The second kappa shape index (κ2) is 8.08. The molecular formula is C20H26FN3O3. The minimum absolute atomic E-state index is 0.0455. The Hall–Kier alpha value is -2.41. The van der Waals surface area contributed by atoms with Crippen LogP contribution in [0.25, 0.3) is 0 Å². The maximum Gasteiger partial charge on any atom is 0.257 e. The van der Waals surface area contributed by atoms with E-state index in [1.54, 1.807) is 27.9 Å². The molecule has 0 radical (unpaired) electrons. The third kappa shape index (κ3) is 4.66. The van der Waals surface area contributed by atoms with E-state index in [-0.39, 0.29) is 18.3 Å². The van der Waals surface area contributed by atoms with Crippen LogP contribution in [-0.4, -0.2) is 51.0 Å². The second-order valence-corrected chi connectivity index (χ2v) is 7.10. The highest BCUT2D eigenvalue weighted by atomic mass is 19.1. The zero-order valence-electron chi connectivity index (χ0n) is 15.8. The van der Waals surface area contributed by atoms with Crippen molar-refractivity contribution < 1.29 is 19.0 Å². The van der Waals surface area contributed by atoms with Gasteiger partial charge in [-0.25, -0.2) is 4.39 Å². The number of likely N-dealkylation sites (tertiary alicyclic amines) is 1. The summed E-state index contributed by atoms with van der Waals surface area (Å²) < 4.78 is 20.4. The molecule has 0 spiro atoms. The van der Waals surface area contributed by atoms with Gasteiger partial charge in [0, 0.05) is 25.8 Å². The fraction of sp³-hybridized carbons (Fsp3) is 0.500. The Morgan fingerprint density at radius 2 is 2.04 bits per heavy atom. The van der Waals surface area contributed by atoms with Crippen LogP contribution in [0.15, 0.2) is 30.5 Å². The molecule has 0 aliphatic carbocycles. The van der Waals surface area contributed by atoms with Gasteiger partial charge in [0.1, 0.15) is 23.8 Å². The zero-order chi connectivity index (χ0) is 19.4. The number of carbonyl (C=O) groups is 1. The van der Waals surface area contributed by atoms with Gasteiger partial charge in [0.15, 0.2) is 0 Å². The summed E-state index contributed by atoms with van der Waals surface area (Å²) in [6.45, 7) is 5.70. The number of amides is 1. The van der Waals surface area contributed by atoms with E-state index in [4.69, 9.17) is 4.74 Å². The lowest BCUT2D eigenvalue weighted by Gasteiger charge is -2.27. The molecule has 1 aliphatic rings. The van der Waals surface area contributed by atoms with E-state index in [0.29, 0.717) is 50.2 Å². The molecule has 1 fully saturated rings. The number of hydrogen-bond acceptors (Lipinski definition) is 4. The van der Waals surface area contributed by atoms with Crippen LogP contribution in [-0.2, 0) is 6.54 Å². The van der Waals surface area contributed by atoms with E-state index >= 15 is 0 Å². The van der Waals surface area contributed by atoms with Gasteiger partial charge < -0.3 is 14.7 Å². The fourth-order valence-corrected chi connectivity index (χ4v) is 3.33. The van der Waals surface area contributed by atoms with Crippen LogP contribution in [0.5, 0.6) is 5.75 Å². The first-order valence-corrected chi connectivity index (χ1v) is 9.34. The number of aryl methyl sites for hydroxylation is 2. The summed E-state index contributed by atoms with van der Waals surface area (Å²) in [5.74, 6) is 0.145. The maximum atomic E-state index is 13.0. The SMILES string of the molecule is CCn1cc(C(=O)N2CCCC(O)(COc3ccc(F)cc3)CC2)c(C)n1. The van der Waals surface area contributed by atoms with E-state index in [9.17, 15) is 14.3 Å². The van der Waals surface area contributed by atoms with Crippen molar-refractivity contribution in [3.05, 3.63) is 47.5 Å². The molecule has 0 saturated carbocycles. The summed E-state index contributed by atoms with van der Waals surface area (Å²) >= 11 is 0. The van der Waals surface area contributed by atoms with Crippen molar-refractivity contribution in [2.24, 2.45) is 0 Å². The fourth-order valence-electron chi connectivity index (χ4n) is 3.33. The van der Waals surface area contributed by atoms with Gasteiger partial charge in [-0.05, 0) is 57.4 Å². The average Bonchev–Trinajstić information content (AvgIpc) is 2.93. The molecule has 1 aliphatic heterocycles. The molecule has 1 saturated heterocycles. The number of halogens is 1. The molecule has 27 heavy (non-hydrogen) atoms. The Bertz CT molecular complexity index is 790. The van der Waals surface area contributed by atoms with Crippen LogP contribution in [0, 0.1) is 12.7 Å². The van der Waals surface area contributed by atoms with Crippen molar-refractivity contribution in [3.63, 3.8) is 0 Å². The first-order chi connectivity index (χ1) is 12.9. The van der Waals surface area contributed by atoms with Crippen molar-refractivity contribution in [2.75, 3.05) is 19.7 Å². The third-order valence-electron chi connectivity index (χ3n) is 5.03. The van der Waals surface area contributed by atoms with E-state index in [2.05, 4.69) is 5.10 Å². The second-order valence-electron chi connectivity index (χ2n) is 7.10. The molecule has 7 heteroatoms. The number of hydrogen-bond donors (Lipinski definition) is 1. The Morgan fingerprint density at radius 1 is 1.30 bits per heavy atom. The summed E-state index contributed by atoms with van der Waals surface area (Å²) in [5, 5.41) is 15.2. The highest BCUT2D eigenvalue weighted by molar-refractivity contribution is 5.95. The van der Waals surface area contributed by atoms with Crippen LogP contribution < -0.4 is 4.74 Å². The van der Waals surface area contributed by atoms with Crippen molar-refractivity contribution in [1.82, 2.24) is 14.7 Å². The first-order valence-electron chi connectivity index (χ1n) is 9.34. The number of carbonyl (C=O) groups excluding carboxylic acids is 1. The van der Waals surface area contributed by atoms with Gasteiger partial charge in [0.25, 0.3) is 5.91 Å². The number of benzene rings is 1. The highest BCUT2D eigenvalue weighted by Crippen LogP contribution is 2.25. The Labute approximate surface area is 158 Å². The van der Waals surface area contributed by atoms with Gasteiger partial charge in [0.05, 0.1) is 11.3 Å². The van der Waals surface area contributed by atoms with Crippen molar-refractivity contribution in [3.8, 4) is 5.75 Å². The van der Waals surface area contributed by atoms with Crippen molar-refractivity contribution in [1.29, 1.82) is 0 Å². The van der Waals surface area contributed by atoms with Crippen molar-refractivity contribution in [2.45, 2.75) is 45.3 Å². The molecular weight excluding hydrogens is 349 g/mol. The van der Waals surface area contributed by atoms with Crippen LogP contribution >= 0.6 is 0 Å². The van der Waals surface area contributed by atoms with Gasteiger partial charge in [-0.2, -0.15) is 5.10 Å². The molecule has 1 amide bonds. The lowest BCUT2D eigenvalue weighted by Crippen LogP contribution is -2.38. The van der Waals surface area contributed by atoms with Gasteiger partial charge in [0.2, 0.25) is 0 Å². The smallest absolute Gasteiger partial charge is 0.257 e. The molecule has 1 unspecified atom stereocenters. The number of aromatic nitrogens is 2. The topological polar surface area (TPSA) is 67.6 Å². The molecule has 1 aromatic carbocycles. The molecule has 2 heterocycles. The van der Waals surface area contributed by atoms with Crippen molar-refractivity contribution >= 4 is 5.91 Å². The summed E-state index contributed by atoms with van der Waals surface area (Å²) in [6, 6.07) is 5.73. The number of nitrogens with zero attached hydrogens (tertiary/aromatic N) is 3. The molecule has 146 valence electrons. The quantitative estimate of drug-likeness (QED) is 0.873. The maximum absolute atomic E-state index is 13.0. The molecule has 1 N–H and O–H groups in total. The molecule has 1 aromatic heterocycles. The summed E-state index contributed by atoms with van der Waals surface area (Å²) in [6.07, 6.45) is 3.45. The number of ether oxygens (including phenoxy) is 1. The summed E-state index contributed by atoms with van der Waals surface area (Å²) in [7, 11) is 0. The largest absolute Gasteiger partial charge is 0.491 e. The summed E-state index contributed by atoms with van der Waals surface area (Å²) in [5.41, 5.74) is 0.331. The van der Waals surface area contributed by atoms with E-state index in [1.807, 2.05) is 13.8 Å². The van der Waals surface area contributed by atoms with Gasteiger partial charge in [-0.15, -0.1) is 0 Å². The molecule has 6 nitrogen and oxygen atoms in total. The van der Waals surface area contributed by atoms with Crippen LogP contribution in [0.1, 0.15) is 42.2 Å². The van der Waals surface area contributed by atoms with Gasteiger partial charge >= 0.3 is 0 Å². The Morgan fingerprint density at radius 3 is 2.70 bits per heavy atom. The van der Waals surface area contributed by atoms with E-state index in [1.165, 1.54) is 12.1 Å². The van der Waals surface area contributed by atoms with E-state index < -0.39 is 5.60 Å². The molecule has 0 bridgehead atoms. The Balaban J connectivity index is 1.61. The average molecular weight is 375 g/mol. The monoisotopic (exact) mass is 375 g/mol. The minimum Gasteiger partial charge on any atom is -0.491 e. The van der Waals surface area contributed by atoms with Crippen LogP contribution in [0.4, 0.5) is 4.39 Å². The highest BCUT2D eigenvalue weighted by Gasteiger charge is 2.33. The van der Waals surface area contributed by atoms with E-state index in [0.717, 1.165) is 5.69 Å². The lowest BCUT2D eigenvalue weighted by atomic mass is 9.96. The normalized spacial score (nSPS) is 20.4. The van der Waals surface area contributed by atoms with Gasteiger partial charge in [-0.1, -0.05) is 0 Å². The number of rotatable bonds is 5. The van der Waals surface area contributed by atoms with Crippen LogP contribution in [0.3, 0.4) is 0 Å². The summed E-state index contributed by atoms with van der Waals surface area (Å²) in [4.78, 5) is 14.6. The molecule has 1 atom stereocenters. The van der Waals surface area contributed by atoms with Crippen LogP contribution in [0.2, 0.25) is 0 Å². The minimum atomic E-state index is -1.01. The predicted octanol–water partition coefficient (Wildman–Crippen LogP) is 2.79. The standard InChI is InChI=1S/C20H26FN3O3/c1-3-24-13-18(15(2)22-24)19(25)23-11-4-9-20(26,10-12-23)14-27-17-7-5-16(21)6-8-17/h5-8,13,26H,3-4,9-12,14H2,1-2H3. The lowest BCUT2D eigenvalue weighted by molar-refractivity contribution is -0.0163. The number of aliphatic hydroxyl groups is 1.